The van der Waals surface area contributed by atoms with Gasteiger partial charge in [0.1, 0.15) is 5.69 Å². The van der Waals surface area contributed by atoms with Crippen LogP contribution in [0, 0.1) is 0 Å². The molecular weight excluding hydrogens is 278 g/mol. The third kappa shape index (κ3) is 2.24. The topological polar surface area (TPSA) is 95.6 Å². The van der Waals surface area contributed by atoms with Crippen LogP contribution in [0.25, 0.3) is 11.3 Å². The fourth-order valence-corrected chi connectivity index (χ4v) is 2.04. The highest BCUT2D eigenvalue weighted by molar-refractivity contribution is 5.94. The lowest BCUT2D eigenvalue weighted by Crippen LogP contribution is -2.06. The minimum atomic E-state index is -0.544. The van der Waals surface area contributed by atoms with E-state index in [1.54, 1.807) is 19.1 Å². The zero-order valence-corrected chi connectivity index (χ0v) is 11.5. The predicted octanol–water partition coefficient (Wildman–Crippen LogP) is 1.39. The van der Waals surface area contributed by atoms with Gasteiger partial charge in [-0.25, -0.2) is 4.79 Å². The first-order valence-corrected chi connectivity index (χ1v) is 6.30. The summed E-state index contributed by atoms with van der Waals surface area (Å²) in [6.07, 6.45) is 0. The quantitative estimate of drug-likeness (QED) is 0.850. The van der Waals surface area contributed by atoms with E-state index in [4.69, 9.17) is 18.9 Å². The van der Waals surface area contributed by atoms with Crippen molar-refractivity contribution in [3.8, 4) is 28.5 Å². The van der Waals surface area contributed by atoms with Crippen LogP contribution >= 0.6 is 0 Å². The zero-order chi connectivity index (χ0) is 14.8. The summed E-state index contributed by atoms with van der Waals surface area (Å²) in [5.74, 6) is 1.01. The lowest BCUT2D eigenvalue weighted by molar-refractivity contribution is 0.0520. The molecule has 2 aromatic rings. The second kappa shape index (κ2) is 5.31. The average Bonchev–Trinajstić information content (AvgIpc) is 3.14. The van der Waals surface area contributed by atoms with E-state index in [2.05, 4.69) is 15.4 Å². The molecule has 0 aliphatic carbocycles. The molecule has 0 radical (unpaired) electrons. The lowest BCUT2D eigenvalue weighted by Gasteiger charge is -2.07. The summed E-state index contributed by atoms with van der Waals surface area (Å²) >= 11 is 0. The van der Waals surface area contributed by atoms with Crippen molar-refractivity contribution >= 4 is 5.97 Å². The first kappa shape index (κ1) is 13.2. The van der Waals surface area contributed by atoms with Gasteiger partial charge in [0, 0.05) is 5.56 Å². The lowest BCUT2D eigenvalue weighted by atomic mass is 10.1. The van der Waals surface area contributed by atoms with Gasteiger partial charge in [0.15, 0.2) is 17.2 Å². The van der Waals surface area contributed by atoms with Crippen LogP contribution in [0.15, 0.2) is 12.1 Å². The number of aromatic amines is 1. The Balaban J connectivity index is 2.06. The molecule has 0 saturated heterocycles. The van der Waals surface area contributed by atoms with E-state index >= 15 is 0 Å². The molecule has 0 atom stereocenters. The van der Waals surface area contributed by atoms with Crippen LogP contribution in [0.2, 0.25) is 0 Å². The van der Waals surface area contributed by atoms with Crippen LogP contribution in [-0.2, 0) is 4.74 Å². The molecule has 0 spiro atoms. The number of benzene rings is 1. The number of carbonyl (C=O) groups excluding carboxylic acids is 1. The van der Waals surface area contributed by atoms with Gasteiger partial charge in [-0.15, -0.1) is 5.10 Å². The minimum Gasteiger partial charge on any atom is -0.493 e. The molecule has 2 heterocycles. The van der Waals surface area contributed by atoms with Crippen molar-refractivity contribution in [3.05, 3.63) is 17.8 Å². The maximum atomic E-state index is 11.9. The Labute approximate surface area is 120 Å². The van der Waals surface area contributed by atoms with Crippen LogP contribution in [0.1, 0.15) is 17.4 Å². The second-order valence-corrected chi connectivity index (χ2v) is 4.15. The van der Waals surface area contributed by atoms with Gasteiger partial charge in [0.2, 0.25) is 12.5 Å². The van der Waals surface area contributed by atoms with E-state index in [0.29, 0.717) is 28.5 Å². The fourth-order valence-electron chi connectivity index (χ4n) is 2.04. The Bertz CT molecular complexity index is 682. The van der Waals surface area contributed by atoms with E-state index in [-0.39, 0.29) is 19.1 Å². The van der Waals surface area contributed by atoms with Gasteiger partial charge in [-0.1, -0.05) is 0 Å². The third-order valence-corrected chi connectivity index (χ3v) is 2.95. The number of methoxy groups -OCH3 is 1. The Kier molecular flexibility index (Phi) is 3.35. The van der Waals surface area contributed by atoms with Crippen molar-refractivity contribution in [3.63, 3.8) is 0 Å². The van der Waals surface area contributed by atoms with Gasteiger partial charge >= 0.3 is 5.97 Å². The summed E-state index contributed by atoms with van der Waals surface area (Å²) < 4.78 is 20.9. The predicted molar refractivity (Wildman–Crippen MR) is 70.5 cm³/mol. The van der Waals surface area contributed by atoms with E-state index in [9.17, 15) is 4.79 Å². The van der Waals surface area contributed by atoms with Crippen molar-refractivity contribution in [2.45, 2.75) is 6.92 Å². The highest BCUT2D eigenvalue weighted by Gasteiger charge is 2.25. The molecule has 1 aliphatic rings. The molecule has 21 heavy (non-hydrogen) atoms. The largest absolute Gasteiger partial charge is 0.493 e. The van der Waals surface area contributed by atoms with Crippen LogP contribution in [0.3, 0.4) is 0 Å². The molecule has 1 aromatic heterocycles. The van der Waals surface area contributed by atoms with Crippen LogP contribution < -0.4 is 14.2 Å². The monoisotopic (exact) mass is 291 g/mol. The number of rotatable bonds is 4. The van der Waals surface area contributed by atoms with Crippen LogP contribution in [-0.4, -0.2) is 41.9 Å². The highest BCUT2D eigenvalue weighted by Crippen LogP contribution is 2.44. The van der Waals surface area contributed by atoms with Gasteiger partial charge in [-0.05, 0) is 19.1 Å². The summed E-state index contributed by atoms with van der Waals surface area (Å²) in [6, 6.07) is 3.42. The van der Waals surface area contributed by atoms with Crippen molar-refractivity contribution in [2.75, 3.05) is 20.5 Å². The van der Waals surface area contributed by atoms with Crippen LogP contribution in [0.4, 0.5) is 0 Å². The maximum Gasteiger partial charge on any atom is 0.361 e. The van der Waals surface area contributed by atoms with Crippen molar-refractivity contribution in [1.29, 1.82) is 0 Å². The van der Waals surface area contributed by atoms with Gasteiger partial charge < -0.3 is 18.9 Å². The first-order valence-electron chi connectivity index (χ1n) is 6.30. The summed E-state index contributed by atoms with van der Waals surface area (Å²) in [5.41, 5.74) is 1.09. The molecule has 1 aromatic carbocycles. The van der Waals surface area contributed by atoms with Gasteiger partial charge in [0.05, 0.1) is 13.7 Å². The summed E-state index contributed by atoms with van der Waals surface area (Å²) in [6.45, 7) is 2.11. The maximum absolute atomic E-state index is 11.9. The molecule has 0 unspecified atom stereocenters. The molecule has 3 rings (SSSR count). The number of H-pyrrole nitrogens is 1. The van der Waals surface area contributed by atoms with Crippen molar-refractivity contribution in [1.82, 2.24) is 15.4 Å². The summed E-state index contributed by atoms with van der Waals surface area (Å²) in [4.78, 5) is 11.9. The SMILES string of the molecule is CCOC(=O)c1n[nH]nc1-c1cc(OC)c2c(c1)OCO2. The number of nitrogens with one attached hydrogen (secondary N) is 1. The van der Waals surface area contributed by atoms with Gasteiger partial charge in [-0.3, -0.25) is 0 Å². The number of nitrogens with zero attached hydrogens (tertiary/aromatic N) is 2. The molecule has 1 aliphatic heterocycles. The molecule has 8 heteroatoms. The van der Waals surface area contributed by atoms with Crippen molar-refractivity contribution < 1.29 is 23.7 Å². The first-order chi connectivity index (χ1) is 10.2. The van der Waals surface area contributed by atoms with E-state index in [1.165, 1.54) is 7.11 Å². The van der Waals surface area contributed by atoms with E-state index < -0.39 is 5.97 Å². The molecule has 8 nitrogen and oxygen atoms in total. The number of hydrogen-bond acceptors (Lipinski definition) is 7. The Morgan fingerprint density at radius 1 is 1.38 bits per heavy atom. The Hall–Kier alpha value is -2.77. The number of aromatic nitrogens is 3. The molecule has 0 bridgehead atoms. The highest BCUT2D eigenvalue weighted by atomic mass is 16.7. The number of ether oxygens (including phenoxy) is 4. The average molecular weight is 291 g/mol. The summed E-state index contributed by atoms with van der Waals surface area (Å²) in [5, 5.41) is 10.3. The second-order valence-electron chi connectivity index (χ2n) is 4.15. The standard InChI is InChI=1S/C13H13N3O5/c1-3-19-13(17)11-10(14-16-15-11)7-4-8(18-2)12-9(5-7)20-6-21-12/h4-5H,3,6H2,1-2H3,(H,14,15,16). The number of carbonyl (C=O) groups is 1. The number of esters is 1. The molecule has 0 fully saturated rings. The normalized spacial score (nSPS) is 12.3. The number of fused-ring (bicyclic) bond motifs is 1. The van der Waals surface area contributed by atoms with Crippen LogP contribution in [0.5, 0.6) is 17.2 Å². The third-order valence-electron chi connectivity index (χ3n) is 2.95. The molecule has 0 saturated carbocycles. The molecule has 110 valence electrons. The van der Waals surface area contributed by atoms with E-state index in [1.807, 2.05) is 0 Å². The Morgan fingerprint density at radius 2 is 2.24 bits per heavy atom. The summed E-state index contributed by atoms with van der Waals surface area (Å²) in [7, 11) is 1.52. The molecule has 1 N–H and O–H groups in total. The molecule has 0 amide bonds. The van der Waals surface area contributed by atoms with E-state index in [0.717, 1.165) is 0 Å². The zero-order valence-electron chi connectivity index (χ0n) is 11.5. The smallest absolute Gasteiger partial charge is 0.361 e. The number of hydrogen-bond donors (Lipinski definition) is 1. The van der Waals surface area contributed by atoms with Gasteiger partial charge in [0.25, 0.3) is 0 Å². The Morgan fingerprint density at radius 3 is 3.00 bits per heavy atom. The van der Waals surface area contributed by atoms with Gasteiger partial charge in [-0.2, -0.15) is 10.3 Å². The van der Waals surface area contributed by atoms with Crippen molar-refractivity contribution in [2.24, 2.45) is 0 Å². The molecular formula is C13H13N3O5. The fraction of sp³-hybridized carbons (Fsp3) is 0.308. The minimum absolute atomic E-state index is 0.109.